The van der Waals surface area contributed by atoms with Gasteiger partial charge in [-0.15, -0.1) is 10.2 Å². The first-order chi connectivity index (χ1) is 10.1. The van der Waals surface area contributed by atoms with Gasteiger partial charge < -0.3 is 8.94 Å². The molecule has 0 fully saturated rings. The molecule has 106 valence electrons. The molecule has 0 aliphatic rings. The van der Waals surface area contributed by atoms with Crippen LogP contribution in [-0.4, -0.2) is 21.3 Å². The van der Waals surface area contributed by atoms with Crippen molar-refractivity contribution in [3.63, 3.8) is 0 Å². The number of halogens is 1. The molecular formula is C13H9FN4O3. The summed E-state index contributed by atoms with van der Waals surface area (Å²) in [7, 11) is 0. The predicted molar refractivity (Wildman–Crippen MR) is 68.9 cm³/mol. The minimum Gasteiger partial charge on any atom is -0.412 e. The lowest BCUT2D eigenvalue weighted by Crippen LogP contribution is -2.12. The number of hydrogen-bond donors (Lipinski definition) is 1. The zero-order valence-electron chi connectivity index (χ0n) is 10.8. The first kappa shape index (κ1) is 13.0. The van der Waals surface area contributed by atoms with Crippen molar-refractivity contribution in [2.75, 3.05) is 5.32 Å². The summed E-state index contributed by atoms with van der Waals surface area (Å²) >= 11 is 0. The number of rotatable bonds is 3. The Balaban J connectivity index is 1.82. The zero-order chi connectivity index (χ0) is 14.8. The van der Waals surface area contributed by atoms with Gasteiger partial charge in [-0.2, -0.15) is 0 Å². The molecule has 0 aliphatic carbocycles. The molecule has 0 unspecified atom stereocenters. The number of carbonyl (C=O) groups excluding carboxylic acids is 1. The highest BCUT2D eigenvalue weighted by atomic mass is 19.1. The summed E-state index contributed by atoms with van der Waals surface area (Å²) in [6.45, 7) is 1.69. The standard InChI is InChI=1S/C13H9FN4O3/c1-7-6-10(18-21-7)15-11(19)13-17-16-12(20-13)8-4-2-3-5-9(8)14/h2-6H,1H3,(H,15,18,19). The number of nitrogens with zero attached hydrogens (tertiary/aromatic N) is 3. The lowest BCUT2D eigenvalue weighted by atomic mass is 10.2. The van der Waals surface area contributed by atoms with Gasteiger partial charge in [0.1, 0.15) is 11.6 Å². The number of anilines is 1. The minimum atomic E-state index is -0.654. The van der Waals surface area contributed by atoms with Crippen molar-refractivity contribution in [2.45, 2.75) is 6.92 Å². The first-order valence-electron chi connectivity index (χ1n) is 5.96. The largest absolute Gasteiger partial charge is 0.412 e. The van der Waals surface area contributed by atoms with E-state index in [1.165, 1.54) is 24.3 Å². The Morgan fingerprint density at radius 2 is 2.10 bits per heavy atom. The van der Waals surface area contributed by atoms with E-state index in [1.54, 1.807) is 13.0 Å². The molecule has 3 rings (SSSR count). The summed E-state index contributed by atoms with van der Waals surface area (Å²) in [5, 5.41) is 13.3. The van der Waals surface area contributed by atoms with Crippen LogP contribution in [0.5, 0.6) is 0 Å². The van der Waals surface area contributed by atoms with E-state index in [0.29, 0.717) is 5.76 Å². The fourth-order valence-corrected chi connectivity index (χ4v) is 1.65. The van der Waals surface area contributed by atoms with Crippen molar-refractivity contribution >= 4 is 11.7 Å². The minimum absolute atomic E-state index is 0.0745. The highest BCUT2D eigenvalue weighted by Crippen LogP contribution is 2.21. The van der Waals surface area contributed by atoms with E-state index in [4.69, 9.17) is 8.94 Å². The number of aromatic nitrogens is 3. The normalized spacial score (nSPS) is 10.6. The van der Waals surface area contributed by atoms with Gasteiger partial charge in [0.25, 0.3) is 5.89 Å². The molecule has 0 aliphatic heterocycles. The van der Waals surface area contributed by atoms with Gasteiger partial charge in [-0.25, -0.2) is 4.39 Å². The maximum absolute atomic E-state index is 13.6. The van der Waals surface area contributed by atoms with Gasteiger partial charge in [0.15, 0.2) is 5.82 Å². The molecule has 0 saturated carbocycles. The molecule has 2 aromatic heterocycles. The van der Waals surface area contributed by atoms with Gasteiger partial charge in [0.2, 0.25) is 0 Å². The number of hydrogen-bond acceptors (Lipinski definition) is 6. The van der Waals surface area contributed by atoms with Crippen LogP contribution in [0.15, 0.2) is 39.3 Å². The fraction of sp³-hybridized carbons (Fsp3) is 0.0769. The van der Waals surface area contributed by atoms with Gasteiger partial charge in [0, 0.05) is 6.07 Å². The molecule has 1 N–H and O–H groups in total. The lowest BCUT2D eigenvalue weighted by molar-refractivity contribution is 0.0990. The number of aryl methyl sites for hydroxylation is 1. The molecule has 0 saturated heterocycles. The molecule has 0 radical (unpaired) electrons. The van der Waals surface area contributed by atoms with Crippen LogP contribution >= 0.6 is 0 Å². The maximum atomic E-state index is 13.6. The van der Waals surface area contributed by atoms with Crippen LogP contribution in [-0.2, 0) is 0 Å². The van der Waals surface area contributed by atoms with E-state index in [9.17, 15) is 9.18 Å². The van der Waals surface area contributed by atoms with Crippen molar-refractivity contribution in [1.82, 2.24) is 15.4 Å². The predicted octanol–water partition coefficient (Wildman–Crippen LogP) is 2.42. The molecule has 21 heavy (non-hydrogen) atoms. The van der Waals surface area contributed by atoms with E-state index in [2.05, 4.69) is 20.7 Å². The van der Waals surface area contributed by atoms with Crippen LogP contribution < -0.4 is 5.32 Å². The van der Waals surface area contributed by atoms with Crippen molar-refractivity contribution < 1.29 is 18.1 Å². The molecule has 0 bridgehead atoms. The summed E-state index contributed by atoms with van der Waals surface area (Å²) in [6.07, 6.45) is 0. The maximum Gasteiger partial charge on any atom is 0.314 e. The molecule has 3 aromatic rings. The van der Waals surface area contributed by atoms with Crippen molar-refractivity contribution in [3.8, 4) is 11.5 Å². The van der Waals surface area contributed by atoms with E-state index in [1.807, 2.05) is 0 Å². The monoisotopic (exact) mass is 288 g/mol. The summed E-state index contributed by atoms with van der Waals surface area (Å²) in [5.74, 6) is -0.770. The van der Waals surface area contributed by atoms with Gasteiger partial charge in [0.05, 0.1) is 5.56 Å². The van der Waals surface area contributed by atoms with Gasteiger partial charge in [-0.3, -0.25) is 10.1 Å². The summed E-state index contributed by atoms with van der Waals surface area (Å²) < 4.78 is 23.6. The molecule has 0 atom stereocenters. The van der Waals surface area contributed by atoms with Gasteiger partial charge in [-0.05, 0) is 19.1 Å². The summed E-state index contributed by atoms with van der Waals surface area (Å²) in [6, 6.07) is 7.44. The molecular weight excluding hydrogens is 279 g/mol. The van der Waals surface area contributed by atoms with E-state index < -0.39 is 11.7 Å². The average Bonchev–Trinajstić information content (AvgIpc) is 3.09. The number of amides is 1. The van der Waals surface area contributed by atoms with Crippen molar-refractivity contribution in [3.05, 3.63) is 47.8 Å². The Morgan fingerprint density at radius 1 is 1.29 bits per heavy atom. The average molecular weight is 288 g/mol. The van der Waals surface area contributed by atoms with E-state index in [-0.39, 0.29) is 23.2 Å². The Bertz CT molecular complexity index is 796. The van der Waals surface area contributed by atoms with Crippen molar-refractivity contribution in [1.29, 1.82) is 0 Å². The fourth-order valence-electron chi connectivity index (χ4n) is 1.65. The van der Waals surface area contributed by atoms with E-state index >= 15 is 0 Å². The number of benzene rings is 1. The third-order valence-corrected chi connectivity index (χ3v) is 2.59. The summed E-state index contributed by atoms with van der Waals surface area (Å²) in [5.41, 5.74) is 0.126. The lowest BCUT2D eigenvalue weighted by Gasteiger charge is -1.96. The highest BCUT2D eigenvalue weighted by molar-refractivity contribution is 6.00. The second kappa shape index (κ2) is 5.16. The summed E-state index contributed by atoms with van der Waals surface area (Å²) in [4.78, 5) is 11.9. The van der Waals surface area contributed by atoms with Gasteiger partial charge >= 0.3 is 11.8 Å². The Labute approximate surface area is 117 Å². The Morgan fingerprint density at radius 3 is 2.81 bits per heavy atom. The third-order valence-electron chi connectivity index (χ3n) is 2.59. The zero-order valence-corrected chi connectivity index (χ0v) is 10.8. The number of carbonyl (C=O) groups is 1. The molecule has 1 aromatic carbocycles. The van der Waals surface area contributed by atoms with E-state index in [0.717, 1.165) is 0 Å². The quantitative estimate of drug-likeness (QED) is 0.795. The SMILES string of the molecule is Cc1cc(NC(=O)c2nnc(-c3ccccc3F)o2)no1. The number of nitrogens with one attached hydrogen (secondary N) is 1. The van der Waals surface area contributed by atoms with Crippen molar-refractivity contribution in [2.24, 2.45) is 0 Å². The topological polar surface area (TPSA) is 94.1 Å². The van der Waals surface area contributed by atoms with Crippen LogP contribution in [0.1, 0.15) is 16.4 Å². The second-order valence-electron chi connectivity index (χ2n) is 4.17. The molecule has 2 heterocycles. The Hall–Kier alpha value is -3.03. The Kier molecular flexibility index (Phi) is 3.19. The van der Waals surface area contributed by atoms with Crippen LogP contribution in [0.3, 0.4) is 0 Å². The highest BCUT2D eigenvalue weighted by Gasteiger charge is 2.18. The second-order valence-corrected chi connectivity index (χ2v) is 4.17. The van der Waals surface area contributed by atoms with Crippen LogP contribution in [0.2, 0.25) is 0 Å². The smallest absolute Gasteiger partial charge is 0.314 e. The molecule has 1 amide bonds. The molecule has 0 spiro atoms. The first-order valence-corrected chi connectivity index (χ1v) is 5.96. The van der Waals surface area contributed by atoms with Crippen LogP contribution in [0, 0.1) is 12.7 Å². The van der Waals surface area contributed by atoms with Gasteiger partial charge in [-0.1, -0.05) is 17.3 Å². The molecule has 8 heteroatoms. The third kappa shape index (κ3) is 2.64. The molecule has 7 nitrogen and oxygen atoms in total. The van der Waals surface area contributed by atoms with Crippen LogP contribution in [0.4, 0.5) is 10.2 Å². The van der Waals surface area contributed by atoms with Crippen LogP contribution in [0.25, 0.3) is 11.5 Å².